The molecule has 4 aromatic rings. The first kappa shape index (κ1) is 22.4. The number of halogens is 1. The van der Waals surface area contributed by atoms with Crippen LogP contribution in [0.15, 0.2) is 93.3 Å². The van der Waals surface area contributed by atoms with Gasteiger partial charge in [0.25, 0.3) is 15.9 Å². The van der Waals surface area contributed by atoms with Crippen molar-refractivity contribution in [2.75, 3.05) is 12.4 Å². The molecule has 0 atom stereocenters. The van der Waals surface area contributed by atoms with Crippen LogP contribution in [-0.2, 0) is 10.0 Å². The molecular weight excluding hydrogens is 466 g/mol. The molecule has 3 aromatic carbocycles. The smallest absolute Gasteiger partial charge is 0.276 e. The van der Waals surface area contributed by atoms with Crippen LogP contribution in [0.5, 0.6) is 5.75 Å². The number of nitrogens with one attached hydrogen (secondary N) is 2. The average molecular weight is 484 g/mol. The number of fused-ring (bicyclic) bond motifs is 1. The molecular formula is C23H18ClN3O5S. The number of amides is 1. The zero-order chi connectivity index (χ0) is 23.4. The van der Waals surface area contributed by atoms with Crippen LogP contribution < -0.4 is 20.4 Å². The van der Waals surface area contributed by atoms with E-state index in [0.717, 1.165) is 0 Å². The minimum atomic E-state index is -4.02. The van der Waals surface area contributed by atoms with Crippen LogP contribution in [0.4, 0.5) is 5.69 Å². The summed E-state index contributed by atoms with van der Waals surface area (Å²) >= 11 is 5.82. The standard InChI is InChI=1S/C23H18ClN3O5S/c1-31-18-10-8-17(9-11-18)25-22(28)20-14-15-4-2-3-5-21(15)32-23(20)26-27-33(29,30)19-12-6-16(24)7-13-19/h2-14,27H,1H3,(H,25,28). The summed E-state index contributed by atoms with van der Waals surface area (Å²) in [6.45, 7) is 0. The fourth-order valence-electron chi connectivity index (χ4n) is 2.96. The van der Waals surface area contributed by atoms with Crippen LogP contribution in [-0.4, -0.2) is 21.4 Å². The molecule has 8 nitrogen and oxygen atoms in total. The summed E-state index contributed by atoms with van der Waals surface area (Å²) in [6, 6.07) is 20.9. The van der Waals surface area contributed by atoms with E-state index in [-0.39, 0.29) is 16.0 Å². The summed E-state index contributed by atoms with van der Waals surface area (Å²) in [4.78, 5) is 15.1. The largest absolute Gasteiger partial charge is 0.497 e. The van der Waals surface area contributed by atoms with Crippen molar-refractivity contribution in [3.8, 4) is 5.75 Å². The van der Waals surface area contributed by atoms with Crippen LogP contribution in [0.1, 0.15) is 10.4 Å². The lowest BCUT2D eigenvalue weighted by molar-refractivity contribution is 0.102. The van der Waals surface area contributed by atoms with Crippen LogP contribution >= 0.6 is 11.6 Å². The summed E-state index contributed by atoms with van der Waals surface area (Å²) in [5.74, 6) is 0.111. The van der Waals surface area contributed by atoms with Crippen molar-refractivity contribution < 1.29 is 22.4 Å². The van der Waals surface area contributed by atoms with Gasteiger partial charge in [0.1, 0.15) is 16.9 Å². The van der Waals surface area contributed by atoms with Crippen molar-refractivity contribution >= 4 is 44.2 Å². The molecule has 0 aliphatic rings. The Balaban J connectivity index is 1.72. The van der Waals surface area contributed by atoms with Gasteiger partial charge in [0.2, 0.25) is 5.55 Å². The maximum absolute atomic E-state index is 13.0. The second-order valence-electron chi connectivity index (χ2n) is 6.85. The second-order valence-corrected chi connectivity index (χ2v) is 8.94. The Morgan fingerprint density at radius 3 is 2.39 bits per heavy atom. The van der Waals surface area contributed by atoms with E-state index in [2.05, 4.69) is 15.2 Å². The fourth-order valence-corrected chi connectivity index (χ4v) is 3.88. The topological polar surface area (TPSA) is 110 Å². The predicted octanol–water partition coefficient (Wildman–Crippen LogP) is 4.14. The number of nitrogens with zero attached hydrogens (tertiary/aromatic N) is 1. The molecule has 33 heavy (non-hydrogen) atoms. The van der Waals surface area contributed by atoms with Gasteiger partial charge >= 0.3 is 0 Å². The molecule has 0 bridgehead atoms. The van der Waals surface area contributed by atoms with Crippen LogP contribution in [0.3, 0.4) is 0 Å². The minimum absolute atomic E-state index is 0.0410. The Hall–Kier alpha value is -3.82. The lowest BCUT2D eigenvalue weighted by Gasteiger charge is -2.08. The summed E-state index contributed by atoms with van der Waals surface area (Å²) in [7, 11) is -2.47. The van der Waals surface area contributed by atoms with Gasteiger partial charge in [-0.2, -0.15) is 13.2 Å². The summed E-state index contributed by atoms with van der Waals surface area (Å²) < 4.78 is 36.1. The minimum Gasteiger partial charge on any atom is -0.497 e. The Labute approximate surface area is 194 Å². The zero-order valence-electron chi connectivity index (χ0n) is 17.3. The molecule has 1 heterocycles. The SMILES string of the molecule is COc1ccc(NC(=O)c2cc3ccccc3oc2=NNS(=O)(=O)c2ccc(Cl)cc2)cc1. The van der Waals surface area contributed by atoms with Crippen molar-refractivity contribution in [1.82, 2.24) is 4.83 Å². The zero-order valence-corrected chi connectivity index (χ0v) is 18.9. The molecule has 10 heteroatoms. The molecule has 0 saturated heterocycles. The van der Waals surface area contributed by atoms with Gasteiger partial charge in [-0.3, -0.25) is 4.79 Å². The number of carbonyl (C=O) groups excluding carboxylic acids is 1. The Morgan fingerprint density at radius 2 is 1.70 bits per heavy atom. The molecule has 0 fully saturated rings. The number of benzene rings is 3. The number of rotatable bonds is 6. The van der Waals surface area contributed by atoms with E-state index < -0.39 is 15.9 Å². The lowest BCUT2D eigenvalue weighted by Crippen LogP contribution is -2.27. The number of hydrogen-bond acceptors (Lipinski definition) is 6. The Kier molecular flexibility index (Phi) is 6.34. The number of sulfonamides is 1. The van der Waals surface area contributed by atoms with Crippen molar-refractivity contribution in [3.05, 3.63) is 95.0 Å². The van der Waals surface area contributed by atoms with Crippen LogP contribution in [0.25, 0.3) is 11.0 Å². The molecule has 0 radical (unpaired) electrons. The van der Waals surface area contributed by atoms with Gasteiger partial charge in [0, 0.05) is 16.1 Å². The number of hydrogen-bond donors (Lipinski definition) is 2. The highest BCUT2D eigenvalue weighted by atomic mass is 35.5. The molecule has 0 unspecified atom stereocenters. The monoisotopic (exact) mass is 483 g/mol. The number of para-hydroxylation sites is 1. The number of methoxy groups -OCH3 is 1. The highest BCUT2D eigenvalue weighted by Gasteiger charge is 2.16. The van der Waals surface area contributed by atoms with E-state index in [4.69, 9.17) is 20.8 Å². The Morgan fingerprint density at radius 1 is 1.00 bits per heavy atom. The van der Waals surface area contributed by atoms with E-state index >= 15 is 0 Å². The second kappa shape index (κ2) is 9.35. The molecule has 0 aliphatic carbocycles. The van der Waals surface area contributed by atoms with Gasteiger partial charge in [-0.25, -0.2) is 0 Å². The summed E-state index contributed by atoms with van der Waals surface area (Å²) in [6.07, 6.45) is 0. The summed E-state index contributed by atoms with van der Waals surface area (Å²) in [5.41, 5.74) is 0.796. The van der Waals surface area contributed by atoms with Gasteiger partial charge in [-0.05, 0) is 60.7 Å². The molecule has 0 spiro atoms. The van der Waals surface area contributed by atoms with Crippen LogP contribution in [0, 0.1) is 0 Å². The molecule has 4 rings (SSSR count). The third-order valence-electron chi connectivity index (χ3n) is 4.64. The maximum Gasteiger partial charge on any atom is 0.276 e. The quantitative estimate of drug-likeness (QED) is 0.400. The van der Waals surface area contributed by atoms with E-state index in [1.54, 1.807) is 61.7 Å². The Bertz CT molecular complexity index is 1480. The predicted molar refractivity (Wildman–Crippen MR) is 124 cm³/mol. The molecule has 1 amide bonds. The number of carbonyl (C=O) groups is 1. The van der Waals surface area contributed by atoms with E-state index in [1.807, 2.05) is 0 Å². The van der Waals surface area contributed by atoms with Crippen molar-refractivity contribution in [2.24, 2.45) is 5.10 Å². The lowest BCUT2D eigenvalue weighted by atomic mass is 10.1. The van der Waals surface area contributed by atoms with Gasteiger partial charge < -0.3 is 14.5 Å². The van der Waals surface area contributed by atoms with E-state index in [0.29, 0.717) is 27.4 Å². The van der Waals surface area contributed by atoms with Crippen molar-refractivity contribution in [2.45, 2.75) is 4.90 Å². The van der Waals surface area contributed by atoms with Crippen molar-refractivity contribution in [3.63, 3.8) is 0 Å². The van der Waals surface area contributed by atoms with Gasteiger partial charge in [0.05, 0.1) is 12.0 Å². The van der Waals surface area contributed by atoms with E-state index in [9.17, 15) is 13.2 Å². The third kappa shape index (κ3) is 5.16. The first-order valence-electron chi connectivity index (χ1n) is 9.65. The first-order chi connectivity index (χ1) is 15.9. The normalized spacial score (nSPS) is 11.9. The fraction of sp³-hybridized carbons (Fsp3) is 0.0435. The maximum atomic E-state index is 13.0. The molecule has 168 valence electrons. The van der Waals surface area contributed by atoms with Gasteiger partial charge in [0.15, 0.2) is 0 Å². The number of anilines is 1. The van der Waals surface area contributed by atoms with Gasteiger partial charge in [-0.15, -0.1) is 5.10 Å². The molecule has 1 aromatic heterocycles. The first-order valence-corrected chi connectivity index (χ1v) is 11.5. The van der Waals surface area contributed by atoms with Crippen LogP contribution in [0.2, 0.25) is 5.02 Å². The average Bonchev–Trinajstić information content (AvgIpc) is 2.83. The molecule has 2 N–H and O–H groups in total. The highest BCUT2D eigenvalue weighted by Crippen LogP contribution is 2.18. The van der Waals surface area contributed by atoms with Crippen molar-refractivity contribution in [1.29, 1.82) is 0 Å². The molecule has 0 aliphatic heterocycles. The highest BCUT2D eigenvalue weighted by molar-refractivity contribution is 7.89. The number of ether oxygens (including phenoxy) is 1. The third-order valence-corrected chi connectivity index (χ3v) is 6.12. The summed E-state index contributed by atoms with van der Waals surface area (Å²) in [5, 5.41) is 7.69. The molecule has 0 saturated carbocycles. The van der Waals surface area contributed by atoms with Gasteiger partial charge in [-0.1, -0.05) is 29.8 Å². The van der Waals surface area contributed by atoms with E-state index in [1.165, 1.54) is 24.3 Å².